The number of rotatable bonds is 2. The predicted molar refractivity (Wildman–Crippen MR) is 67.0 cm³/mol. The Balaban J connectivity index is 2.33. The van der Waals surface area contributed by atoms with Gasteiger partial charge in [-0.25, -0.2) is 4.39 Å². The summed E-state index contributed by atoms with van der Waals surface area (Å²) in [5.41, 5.74) is 3.61. The molecule has 7 heteroatoms. The first kappa shape index (κ1) is 14.7. The minimum absolute atomic E-state index is 0.0237. The molecule has 0 spiro atoms. The second-order valence-electron chi connectivity index (χ2n) is 4.10. The average Bonchev–Trinajstić information content (AvgIpc) is 2.40. The van der Waals surface area contributed by atoms with Gasteiger partial charge in [-0.2, -0.15) is 18.4 Å². The van der Waals surface area contributed by atoms with E-state index < -0.39 is 23.2 Å². The van der Waals surface area contributed by atoms with Crippen molar-refractivity contribution in [3.05, 3.63) is 53.3 Å². The van der Waals surface area contributed by atoms with Gasteiger partial charge in [-0.1, -0.05) is 0 Å². The van der Waals surface area contributed by atoms with Crippen molar-refractivity contribution in [2.24, 2.45) is 0 Å². The Bertz CT molecular complexity index is 720. The maximum atomic E-state index is 13.4. The maximum Gasteiger partial charge on any atom is 0.418 e. The first-order valence-electron chi connectivity index (χ1n) is 5.65. The molecule has 2 rings (SSSR count). The first-order chi connectivity index (χ1) is 9.81. The molecule has 0 aliphatic heterocycles. The third kappa shape index (κ3) is 3.23. The Labute approximate surface area is 117 Å². The highest BCUT2D eigenvalue weighted by molar-refractivity contribution is 5.52. The lowest BCUT2D eigenvalue weighted by atomic mass is 10.1. The number of nitrogens with two attached hydrogens (primary N) is 1. The smallest absolute Gasteiger partial charge is 0.418 e. The molecule has 21 heavy (non-hydrogen) atoms. The lowest BCUT2D eigenvalue weighted by molar-refractivity contribution is -0.137. The van der Waals surface area contributed by atoms with Crippen molar-refractivity contribution < 1.29 is 22.3 Å². The fourth-order valence-electron chi connectivity index (χ4n) is 1.63. The van der Waals surface area contributed by atoms with Crippen LogP contribution in [0.2, 0.25) is 0 Å². The number of benzene rings is 2. The number of nitrogens with zero attached hydrogens (tertiary/aromatic N) is 1. The molecule has 0 heterocycles. The van der Waals surface area contributed by atoms with Crippen molar-refractivity contribution in [1.29, 1.82) is 5.26 Å². The van der Waals surface area contributed by atoms with Gasteiger partial charge in [0.1, 0.15) is 23.4 Å². The number of halogens is 4. The Kier molecular flexibility index (Phi) is 3.72. The van der Waals surface area contributed by atoms with Gasteiger partial charge >= 0.3 is 6.18 Å². The molecule has 2 aromatic rings. The fourth-order valence-corrected chi connectivity index (χ4v) is 1.63. The van der Waals surface area contributed by atoms with Crippen LogP contribution in [0, 0.1) is 17.1 Å². The molecule has 0 radical (unpaired) electrons. The Hall–Kier alpha value is -2.75. The van der Waals surface area contributed by atoms with E-state index in [4.69, 9.17) is 15.7 Å². The predicted octanol–water partition coefficient (Wildman–Crippen LogP) is 4.09. The molecule has 0 saturated carbocycles. The van der Waals surface area contributed by atoms with Gasteiger partial charge in [-0.15, -0.1) is 0 Å². The molecule has 2 aromatic carbocycles. The number of alkyl halides is 3. The van der Waals surface area contributed by atoms with Crippen molar-refractivity contribution >= 4 is 5.69 Å². The van der Waals surface area contributed by atoms with Gasteiger partial charge in [-0.3, -0.25) is 0 Å². The lowest BCUT2D eigenvalue weighted by Crippen LogP contribution is -2.08. The second-order valence-corrected chi connectivity index (χ2v) is 4.10. The summed E-state index contributed by atoms with van der Waals surface area (Å²) in [5, 5.41) is 8.59. The maximum absolute atomic E-state index is 13.4. The van der Waals surface area contributed by atoms with Crippen LogP contribution >= 0.6 is 0 Å². The number of anilines is 1. The zero-order valence-corrected chi connectivity index (χ0v) is 10.4. The highest BCUT2D eigenvalue weighted by Gasteiger charge is 2.33. The van der Waals surface area contributed by atoms with E-state index >= 15 is 0 Å². The van der Waals surface area contributed by atoms with Gasteiger partial charge in [0.2, 0.25) is 0 Å². The second kappa shape index (κ2) is 5.32. The van der Waals surface area contributed by atoms with E-state index in [1.165, 1.54) is 18.2 Å². The SMILES string of the molecule is N#Cc1ccc(Oc2ccc(N)c(C(F)(F)F)c2)cc1F. The molecule has 0 saturated heterocycles. The van der Waals surface area contributed by atoms with Crippen LogP contribution in [-0.4, -0.2) is 0 Å². The summed E-state index contributed by atoms with van der Waals surface area (Å²) in [6.07, 6.45) is -4.61. The normalized spacial score (nSPS) is 11.0. The Morgan fingerprint density at radius 1 is 1.05 bits per heavy atom. The fraction of sp³-hybridized carbons (Fsp3) is 0.0714. The van der Waals surface area contributed by atoms with E-state index in [0.29, 0.717) is 0 Å². The molecule has 0 aliphatic carbocycles. The highest BCUT2D eigenvalue weighted by atomic mass is 19.4. The van der Waals surface area contributed by atoms with E-state index in [9.17, 15) is 17.6 Å². The summed E-state index contributed by atoms with van der Waals surface area (Å²) in [6.45, 7) is 0. The molecule has 0 atom stereocenters. The van der Waals surface area contributed by atoms with Crippen LogP contribution in [0.1, 0.15) is 11.1 Å². The zero-order valence-electron chi connectivity index (χ0n) is 10.4. The monoisotopic (exact) mass is 296 g/mol. The molecule has 0 unspecified atom stereocenters. The van der Waals surface area contributed by atoms with Crippen molar-refractivity contribution in [3.8, 4) is 17.6 Å². The van der Waals surface area contributed by atoms with Crippen LogP contribution in [0.4, 0.5) is 23.2 Å². The van der Waals surface area contributed by atoms with Gasteiger partial charge in [0, 0.05) is 11.8 Å². The van der Waals surface area contributed by atoms with Gasteiger partial charge in [-0.05, 0) is 30.3 Å². The molecule has 0 amide bonds. The number of nitriles is 1. The molecular weight excluding hydrogens is 288 g/mol. The molecule has 2 N–H and O–H groups in total. The summed E-state index contributed by atoms with van der Waals surface area (Å²) in [4.78, 5) is 0. The van der Waals surface area contributed by atoms with Gasteiger partial charge < -0.3 is 10.5 Å². The summed E-state index contributed by atoms with van der Waals surface area (Å²) < 4.78 is 56.6. The van der Waals surface area contributed by atoms with Crippen molar-refractivity contribution in [3.63, 3.8) is 0 Å². The number of nitrogen functional groups attached to an aromatic ring is 1. The molecule has 0 bridgehead atoms. The van der Waals surface area contributed by atoms with Crippen molar-refractivity contribution in [2.45, 2.75) is 6.18 Å². The quantitative estimate of drug-likeness (QED) is 0.670. The van der Waals surface area contributed by atoms with E-state index in [1.807, 2.05) is 0 Å². The van der Waals surface area contributed by atoms with Crippen LogP contribution in [0.15, 0.2) is 36.4 Å². The van der Waals surface area contributed by atoms with Gasteiger partial charge in [0.15, 0.2) is 0 Å². The Morgan fingerprint density at radius 2 is 1.67 bits per heavy atom. The van der Waals surface area contributed by atoms with E-state index in [1.54, 1.807) is 6.07 Å². The van der Waals surface area contributed by atoms with Crippen LogP contribution in [0.3, 0.4) is 0 Å². The zero-order chi connectivity index (χ0) is 15.6. The molecule has 3 nitrogen and oxygen atoms in total. The van der Waals surface area contributed by atoms with Gasteiger partial charge in [0.05, 0.1) is 11.1 Å². The highest BCUT2D eigenvalue weighted by Crippen LogP contribution is 2.36. The van der Waals surface area contributed by atoms with Crippen LogP contribution in [0.25, 0.3) is 0 Å². The Morgan fingerprint density at radius 3 is 2.24 bits per heavy atom. The minimum atomic E-state index is -4.61. The van der Waals surface area contributed by atoms with Crippen molar-refractivity contribution in [2.75, 3.05) is 5.73 Å². The van der Waals surface area contributed by atoms with Crippen LogP contribution in [-0.2, 0) is 6.18 Å². The van der Waals surface area contributed by atoms with Crippen LogP contribution in [0.5, 0.6) is 11.5 Å². The van der Waals surface area contributed by atoms with Crippen LogP contribution < -0.4 is 10.5 Å². The number of hydrogen-bond acceptors (Lipinski definition) is 3. The first-order valence-corrected chi connectivity index (χ1v) is 5.65. The largest absolute Gasteiger partial charge is 0.457 e. The summed E-state index contributed by atoms with van der Waals surface area (Å²) in [6, 6.07) is 8.02. The van der Waals surface area contributed by atoms with E-state index in [2.05, 4.69) is 0 Å². The molecule has 0 aliphatic rings. The topological polar surface area (TPSA) is 59.0 Å². The standard InChI is InChI=1S/C14H8F4N2O/c15-12-6-10(2-1-8(12)7-19)21-9-3-4-13(20)11(5-9)14(16,17)18/h1-6H,20H2. The number of hydrogen-bond donors (Lipinski definition) is 1. The third-order valence-electron chi connectivity index (χ3n) is 2.63. The lowest BCUT2D eigenvalue weighted by Gasteiger charge is -2.12. The summed E-state index contributed by atoms with van der Waals surface area (Å²) >= 11 is 0. The minimum Gasteiger partial charge on any atom is -0.457 e. The summed E-state index contributed by atoms with van der Waals surface area (Å²) in [5.74, 6) is -0.980. The molecule has 0 fully saturated rings. The van der Waals surface area contributed by atoms with E-state index in [-0.39, 0.29) is 17.1 Å². The average molecular weight is 296 g/mol. The van der Waals surface area contributed by atoms with Gasteiger partial charge in [0.25, 0.3) is 0 Å². The third-order valence-corrected chi connectivity index (χ3v) is 2.63. The number of ether oxygens (including phenoxy) is 1. The molecular formula is C14H8F4N2O. The van der Waals surface area contributed by atoms with Crippen molar-refractivity contribution in [1.82, 2.24) is 0 Å². The molecule has 0 aromatic heterocycles. The summed E-state index contributed by atoms with van der Waals surface area (Å²) in [7, 11) is 0. The molecule has 108 valence electrons. The van der Waals surface area contributed by atoms with E-state index in [0.717, 1.165) is 18.2 Å².